The van der Waals surface area contributed by atoms with E-state index in [0.29, 0.717) is 18.1 Å². The molecule has 216 valence electrons. The van der Waals surface area contributed by atoms with Gasteiger partial charge in [-0.25, -0.2) is 19.1 Å². The van der Waals surface area contributed by atoms with Gasteiger partial charge in [-0.3, -0.25) is 0 Å². The summed E-state index contributed by atoms with van der Waals surface area (Å²) in [5.41, 5.74) is 1.47. The number of hydrogen-bond acceptors (Lipinski definition) is 8. The van der Waals surface area contributed by atoms with Crippen molar-refractivity contribution in [3.8, 4) is 17.1 Å². The fourth-order valence-electron chi connectivity index (χ4n) is 5.27. The van der Waals surface area contributed by atoms with Gasteiger partial charge in [-0.05, 0) is 102 Å². The summed E-state index contributed by atoms with van der Waals surface area (Å²) >= 11 is 0. The molecule has 4 heterocycles. The monoisotopic (exact) mass is 560 g/mol. The highest BCUT2D eigenvalue weighted by molar-refractivity contribution is 5.97. The van der Waals surface area contributed by atoms with Crippen LogP contribution < -0.4 is 4.90 Å². The second kappa shape index (κ2) is 11.1. The summed E-state index contributed by atoms with van der Waals surface area (Å²) in [4.78, 5) is 20.0. The van der Waals surface area contributed by atoms with Crippen LogP contribution in [0.25, 0.3) is 22.3 Å². The number of amides is 1. The van der Waals surface area contributed by atoms with Crippen molar-refractivity contribution in [2.75, 3.05) is 18.1 Å². The smallest absolute Gasteiger partial charge is 0.421 e. The first-order valence-corrected chi connectivity index (χ1v) is 14.3. The molecule has 2 fully saturated rings. The molecular formula is C30H36N6O5. The molecule has 0 radical (unpaired) electrons. The zero-order chi connectivity index (χ0) is 28.6. The van der Waals surface area contributed by atoms with Crippen LogP contribution in [0, 0.1) is 0 Å². The van der Waals surface area contributed by atoms with E-state index in [1.165, 1.54) is 4.90 Å². The molecule has 0 bridgehead atoms. The van der Waals surface area contributed by atoms with Gasteiger partial charge >= 0.3 is 6.09 Å². The Bertz CT molecular complexity index is 1510. The number of nitrogens with zero attached hydrogens (tertiary/aromatic N) is 6. The van der Waals surface area contributed by atoms with E-state index in [0.717, 1.165) is 61.6 Å². The molecule has 41 heavy (non-hydrogen) atoms. The lowest BCUT2D eigenvalue weighted by molar-refractivity contribution is -0.0384. The van der Waals surface area contributed by atoms with E-state index >= 15 is 0 Å². The molecule has 4 aromatic rings. The number of ether oxygens (including phenoxy) is 3. The van der Waals surface area contributed by atoms with Crippen LogP contribution >= 0.6 is 0 Å². The highest BCUT2D eigenvalue weighted by Crippen LogP contribution is 2.35. The third-order valence-corrected chi connectivity index (χ3v) is 7.22. The summed E-state index contributed by atoms with van der Waals surface area (Å²) in [6.07, 6.45) is 6.57. The molecule has 2 aromatic carbocycles. The number of aromatic hydroxyl groups is 1. The second-order valence-corrected chi connectivity index (χ2v) is 11.5. The predicted molar refractivity (Wildman–Crippen MR) is 153 cm³/mol. The third kappa shape index (κ3) is 5.77. The van der Waals surface area contributed by atoms with E-state index in [-0.39, 0.29) is 24.2 Å². The molecule has 2 aliphatic heterocycles. The highest BCUT2D eigenvalue weighted by Gasteiger charge is 2.32. The van der Waals surface area contributed by atoms with Gasteiger partial charge in [-0.1, -0.05) is 0 Å². The molecule has 1 N–H and O–H groups in total. The Balaban J connectivity index is 1.44. The van der Waals surface area contributed by atoms with Crippen LogP contribution in [0.1, 0.15) is 71.8 Å². The van der Waals surface area contributed by atoms with Gasteiger partial charge in [0, 0.05) is 24.2 Å². The maximum Gasteiger partial charge on any atom is 0.421 e. The number of benzene rings is 2. The molecule has 2 aliphatic rings. The van der Waals surface area contributed by atoms with E-state index in [1.54, 1.807) is 35.1 Å². The number of phenols is 1. The van der Waals surface area contributed by atoms with Crippen molar-refractivity contribution in [3.63, 3.8) is 0 Å². The van der Waals surface area contributed by atoms with Crippen molar-refractivity contribution < 1.29 is 24.1 Å². The van der Waals surface area contributed by atoms with Gasteiger partial charge in [0.25, 0.3) is 5.95 Å². The zero-order valence-electron chi connectivity index (χ0n) is 23.7. The lowest BCUT2D eigenvalue weighted by atomic mass is 10.1. The topological polar surface area (TPSA) is 117 Å². The first-order chi connectivity index (χ1) is 19.8. The molecule has 0 saturated carbocycles. The van der Waals surface area contributed by atoms with Crippen LogP contribution in [0.3, 0.4) is 0 Å². The molecule has 0 spiro atoms. The summed E-state index contributed by atoms with van der Waals surface area (Å²) in [6, 6.07) is 12.4. The lowest BCUT2D eigenvalue weighted by Crippen LogP contribution is -2.34. The van der Waals surface area contributed by atoms with E-state index in [2.05, 4.69) is 5.10 Å². The standard InChI is InChI=1S/C30H36N6O5/c1-30(2,3)41-29(38)34(22-12-15-24-21(18-22)19-31-35(24)25-8-4-6-16-39-25)28-32-27(20-10-13-23(37)14-11-20)36(33-28)26-9-5-7-17-40-26/h10-15,18-19,25-26,37H,4-9,16-17H2,1-3H3. The van der Waals surface area contributed by atoms with Gasteiger partial charge in [-0.2, -0.15) is 10.1 Å². The Morgan fingerprint density at radius 3 is 2.29 bits per heavy atom. The lowest BCUT2D eigenvalue weighted by Gasteiger charge is -2.26. The number of phenolic OH excluding ortho intramolecular Hbond substituents is 1. The van der Waals surface area contributed by atoms with Crippen LogP contribution in [-0.2, 0) is 14.2 Å². The minimum atomic E-state index is -0.739. The Kier molecular flexibility index (Phi) is 7.39. The Morgan fingerprint density at radius 2 is 1.66 bits per heavy atom. The summed E-state index contributed by atoms with van der Waals surface area (Å²) in [6.45, 7) is 6.81. The largest absolute Gasteiger partial charge is 0.508 e. The van der Waals surface area contributed by atoms with Gasteiger partial charge in [-0.15, -0.1) is 5.10 Å². The number of aromatic nitrogens is 5. The van der Waals surface area contributed by atoms with Crippen molar-refractivity contribution in [1.29, 1.82) is 0 Å². The maximum atomic E-state index is 13.7. The van der Waals surface area contributed by atoms with Gasteiger partial charge in [0.05, 0.1) is 17.4 Å². The normalized spacial score (nSPS) is 19.8. The molecule has 11 nitrogen and oxygen atoms in total. The molecule has 2 saturated heterocycles. The fraction of sp³-hybridized carbons (Fsp3) is 0.467. The predicted octanol–water partition coefficient (Wildman–Crippen LogP) is 6.47. The van der Waals surface area contributed by atoms with E-state index in [4.69, 9.17) is 24.3 Å². The van der Waals surface area contributed by atoms with Gasteiger partial charge in [0.15, 0.2) is 18.3 Å². The number of fused-ring (bicyclic) bond motifs is 1. The zero-order valence-corrected chi connectivity index (χ0v) is 23.7. The van der Waals surface area contributed by atoms with Crippen LogP contribution in [0.4, 0.5) is 16.4 Å². The van der Waals surface area contributed by atoms with Crippen LogP contribution in [0.15, 0.2) is 48.7 Å². The van der Waals surface area contributed by atoms with E-state index in [1.807, 2.05) is 43.7 Å². The first-order valence-electron chi connectivity index (χ1n) is 14.3. The van der Waals surface area contributed by atoms with Gasteiger partial charge in [0.2, 0.25) is 0 Å². The molecule has 2 unspecified atom stereocenters. The van der Waals surface area contributed by atoms with Crippen molar-refractivity contribution in [2.24, 2.45) is 0 Å². The average Bonchev–Trinajstić information content (AvgIpc) is 3.58. The van der Waals surface area contributed by atoms with Gasteiger partial charge < -0.3 is 19.3 Å². The fourth-order valence-corrected chi connectivity index (χ4v) is 5.27. The van der Waals surface area contributed by atoms with Crippen molar-refractivity contribution in [3.05, 3.63) is 48.7 Å². The number of rotatable bonds is 5. The summed E-state index contributed by atoms with van der Waals surface area (Å²) in [5.74, 6) is 0.847. The molecular weight excluding hydrogens is 524 g/mol. The van der Waals surface area contributed by atoms with Crippen molar-refractivity contribution in [1.82, 2.24) is 24.5 Å². The SMILES string of the molecule is CC(C)(C)OC(=O)N(c1ccc2c(cnn2C2CCCCO2)c1)c1nc(-c2ccc(O)cc2)n(C2CCCCO2)n1. The van der Waals surface area contributed by atoms with Crippen molar-refractivity contribution in [2.45, 2.75) is 77.4 Å². The van der Waals surface area contributed by atoms with Crippen molar-refractivity contribution >= 4 is 28.6 Å². The van der Waals surface area contributed by atoms with Crippen LogP contribution in [0.5, 0.6) is 5.75 Å². The summed E-state index contributed by atoms with van der Waals surface area (Å²) in [5, 5.41) is 20.2. The second-order valence-electron chi connectivity index (χ2n) is 11.5. The average molecular weight is 561 g/mol. The molecule has 6 rings (SSSR count). The quantitative estimate of drug-likeness (QED) is 0.295. The molecule has 2 atom stereocenters. The first kappa shape index (κ1) is 27.2. The Labute approximate surface area is 238 Å². The third-order valence-electron chi connectivity index (χ3n) is 7.22. The minimum Gasteiger partial charge on any atom is -0.508 e. The molecule has 0 aliphatic carbocycles. The van der Waals surface area contributed by atoms with Crippen LogP contribution in [-0.4, -0.2) is 54.6 Å². The summed E-state index contributed by atoms with van der Waals surface area (Å²) < 4.78 is 21.5. The Morgan fingerprint density at radius 1 is 0.976 bits per heavy atom. The minimum absolute atomic E-state index is 0.102. The molecule has 2 aromatic heterocycles. The Hall–Kier alpha value is -3.96. The maximum absolute atomic E-state index is 13.7. The number of hydrogen-bond donors (Lipinski definition) is 1. The van der Waals surface area contributed by atoms with E-state index in [9.17, 15) is 9.90 Å². The number of carbonyl (C=O) groups excluding carboxylic acids is 1. The van der Waals surface area contributed by atoms with Gasteiger partial charge in [0.1, 0.15) is 11.4 Å². The van der Waals surface area contributed by atoms with Crippen LogP contribution in [0.2, 0.25) is 0 Å². The van der Waals surface area contributed by atoms with E-state index < -0.39 is 11.7 Å². The summed E-state index contributed by atoms with van der Waals surface area (Å²) in [7, 11) is 0. The number of carbonyl (C=O) groups is 1. The molecule has 1 amide bonds. The molecule has 11 heteroatoms. The number of anilines is 2. The highest BCUT2D eigenvalue weighted by atomic mass is 16.6.